The predicted octanol–water partition coefficient (Wildman–Crippen LogP) is 6.92. The molecule has 1 fully saturated rings. The van der Waals surface area contributed by atoms with Crippen molar-refractivity contribution >= 4 is 84.8 Å². The number of anilines is 1. The van der Waals surface area contributed by atoms with Gasteiger partial charge in [0, 0.05) is 38.2 Å². The molecule has 1 unspecified atom stereocenters. The van der Waals surface area contributed by atoms with Gasteiger partial charge in [0.2, 0.25) is 5.13 Å². The highest BCUT2D eigenvalue weighted by Crippen LogP contribution is 2.44. The van der Waals surface area contributed by atoms with Gasteiger partial charge in [0.25, 0.3) is 5.78 Å². The molecule has 2 aromatic heterocycles. The van der Waals surface area contributed by atoms with Gasteiger partial charge in [0.15, 0.2) is 4.34 Å². The summed E-state index contributed by atoms with van der Waals surface area (Å²) in [5.41, 5.74) is 1.84. The normalized spacial score (nSPS) is 16.9. The first-order chi connectivity index (χ1) is 17.8. The molecule has 1 amide bonds. The number of Topliss-reactive ketones (excluding diaryl/α,β-unsaturated/α-hetero) is 1. The van der Waals surface area contributed by atoms with Crippen molar-refractivity contribution in [2.45, 2.75) is 16.1 Å². The molecule has 0 aliphatic carbocycles. The number of carbonyl (C=O) groups is 2. The third-order valence-corrected chi connectivity index (χ3v) is 8.72. The number of aliphatic hydroxyl groups is 1. The van der Waals surface area contributed by atoms with E-state index in [0.29, 0.717) is 31.3 Å². The first-order valence-corrected chi connectivity index (χ1v) is 14.1. The third-order valence-electron chi connectivity index (χ3n) is 5.53. The van der Waals surface area contributed by atoms with E-state index < -0.39 is 17.7 Å². The van der Waals surface area contributed by atoms with E-state index in [4.69, 9.17) is 23.2 Å². The van der Waals surface area contributed by atoms with Crippen LogP contribution in [0.2, 0.25) is 10.0 Å². The molecule has 3 heterocycles. The first-order valence-electron chi connectivity index (χ1n) is 10.7. The minimum atomic E-state index is -0.901. The van der Waals surface area contributed by atoms with Crippen LogP contribution in [0.15, 0.2) is 81.4 Å². The van der Waals surface area contributed by atoms with E-state index in [1.54, 1.807) is 42.5 Å². The number of rotatable bonds is 6. The van der Waals surface area contributed by atoms with Crippen LogP contribution in [-0.4, -0.2) is 32.0 Å². The van der Waals surface area contributed by atoms with Crippen molar-refractivity contribution in [1.82, 2.24) is 15.2 Å². The Balaban J connectivity index is 1.53. The molecule has 0 saturated carbocycles. The largest absolute Gasteiger partial charge is 0.507 e. The van der Waals surface area contributed by atoms with E-state index in [0.717, 1.165) is 10.0 Å². The van der Waals surface area contributed by atoms with Crippen molar-refractivity contribution in [3.05, 3.63) is 104 Å². The van der Waals surface area contributed by atoms with Crippen molar-refractivity contribution in [2.75, 3.05) is 4.90 Å². The molecule has 0 bridgehead atoms. The number of aromatic nitrogens is 3. The average Bonchev–Trinajstić information content (AvgIpc) is 3.46. The molecule has 12 heteroatoms. The van der Waals surface area contributed by atoms with Crippen LogP contribution in [0.5, 0.6) is 0 Å². The molecule has 1 aliphatic rings. The minimum Gasteiger partial charge on any atom is -0.507 e. The molecule has 186 valence electrons. The fourth-order valence-corrected chi connectivity index (χ4v) is 6.67. The predicted molar refractivity (Wildman–Crippen MR) is 149 cm³/mol. The standard InChI is InChI=1S/C25H15BrCl2N4O3S2/c26-16-3-1-2-14(10-16)20-19(21(33)13-6-8-29-9-7-13)22(34)23(35)32(20)24-30-31-25(37-24)36-12-15-4-5-17(27)11-18(15)28/h1-11,20,33H,12H2. The number of thioether (sulfide) groups is 1. The monoisotopic (exact) mass is 632 g/mol. The van der Waals surface area contributed by atoms with Gasteiger partial charge >= 0.3 is 5.91 Å². The average molecular weight is 634 g/mol. The molecule has 37 heavy (non-hydrogen) atoms. The summed E-state index contributed by atoms with van der Waals surface area (Å²) in [6.45, 7) is 0. The molecule has 1 aliphatic heterocycles. The number of amides is 1. The molecule has 0 spiro atoms. The fourth-order valence-electron chi connectivity index (χ4n) is 3.82. The van der Waals surface area contributed by atoms with Crippen LogP contribution in [-0.2, 0) is 15.3 Å². The summed E-state index contributed by atoms with van der Waals surface area (Å²) in [6.07, 6.45) is 3.00. The summed E-state index contributed by atoms with van der Waals surface area (Å²) in [6, 6.07) is 14.7. The van der Waals surface area contributed by atoms with E-state index in [-0.39, 0.29) is 16.5 Å². The van der Waals surface area contributed by atoms with Crippen LogP contribution in [0.3, 0.4) is 0 Å². The van der Waals surface area contributed by atoms with Gasteiger partial charge in [0.1, 0.15) is 5.76 Å². The van der Waals surface area contributed by atoms with Crippen LogP contribution in [0.4, 0.5) is 5.13 Å². The Kier molecular flexibility index (Phi) is 7.64. The topological polar surface area (TPSA) is 96.3 Å². The van der Waals surface area contributed by atoms with Gasteiger partial charge in [-0.2, -0.15) is 0 Å². The maximum absolute atomic E-state index is 13.3. The summed E-state index contributed by atoms with van der Waals surface area (Å²) in [7, 11) is 0. The van der Waals surface area contributed by atoms with Crippen LogP contribution in [0, 0.1) is 0 Å². The quantitative estimate of drug-likeness (QED) is 0.0809. The molecule has 4 aromatic rings. The third kappa shape index (κ3) is 5.30. The van der Waals surface area contributed by atoms with Gasteiger partial charge in [-0.25, -0.2) is 0 Å². The zero-order chi connectivity index (χ0) is 26.1. The number of ketones is 1. The van der Waals surface area contributed by atoms with Gasteiger partial charge in [-0.1, -0.05) is 80.4 Å². The first kappa shape index (κ1) is 25.9. The lowest BCUT2D eigenvalue weighted by Gasteiger charge is -2.22. The van der Waals surface area contributed by atoms with Crippen molar-refractivity contribution in [3.8, 4) is 0 Å². The molecule has 7 nitrogen and oxygen atoms in total. The molecule has 5 rings (SSSR count). The van der Waals surface area contributed by atoms with Crippen molar-refractivity contribution < 1.29 is 14.7 Å². The van der Waals surface area contributed by atoms with Gasteiger partial charge in [0.05, 0.1) is 11.6 Å². The molecule has 2 aromatic carbocycles. The van der Waals surface area contributed by atoms with E-state index in [1.165, 1.54) is 40.4 Å². The number of hydrogen-bond acceptors (Lipinski definition) is 8. The molecular formula is C25H15BrCl2N4O3S2. The Morgan fingerprint density at radius 3 is 2.59 bits per heavy atom. The number of pyridine rings is 1. The molecule has 1 N–H and O–H groups in total. The van der Waals surface area contributed by atoms with Crippen molar-refractivity contribution in [2.24, 2.45) is 0 Å². The van der Waals surface area contributed by atoms with Crippen LogP contribution in [0.25, 0.3) is 5.76 Å². The molecule has 1 saturated heterocycles. The summed E-state index contributed by atoms with van der Waals surface area (Å²) in [5, 5.41) is 20.9. The highest BCUT2D eigenvalue weighted by molar-refractivity contribution is 9.10. The zero-order valence-electron chi connectivity index (χ0n) is 18.6. The maximum Gasteiger partial charge on any atom is 0.301 e. The Morgan fingerprint density at radius 1 is 1.08 bits per heavy atom. The lowest BCUT2D eigenvalue weighted by Crippen LogP contribution is -2.29. The van der Waals surface area contributed by atoms with Gasteiger partial charge in [-0.15, -0.1) is 10.2 Å². The second-order valence-electron chi connectivity index (χ2n) is 7.83. The smallest absolute Gasteiger partial charge is 0.301 e. The Hall–Kier alpha value is -2.76. The Bertz CT molecular complexity index is 1550. The number of aliphatic hydroxyl groups excluding tert-OH is 1. The highest BCUT2D eigenvalue weighted by atomic mass is 79.9. The Morgan fingerprint density at radius 2 is 1.86 bits per heavy atom. The van der Waals surface area contributed by atoms with Crippen LogP contribution in [0.1, 0.15) is 22.7 Å². The van der Waals surface area contributed by atoms with E-state index >= 15 is 0 Å². The van der Waals surface area contributed by atoms with Crippen molar-refractivity contribution in [1.29, 1.82) is 0 Å². The molecule has 1 atom stereocenters. The fraction of sp³-hybridized carbons (Fsp3) is 0.0800. The number of benzene rings is 2. The Labute approximate surface area is 238 Å². The SMILES string of the molecule is O=C1C(=O)N(c2nnc(SCc3ccc(Cl)cc3Cl)s2)C(c2cccc(Br)c2)C1=C(O)c1ccncc1. The maximum atomic E-state index is 13.3. The van der Waals surface area contributed by atoms with Crippen LogP contribution < -0.4 is 4.90 Å². The molecular weight excluding hydrogens is 619 g/mol. The zero-order valence-corrected chi connectivity index (χ0v) is 23.4. The van der Waals surface area contributed by atoms with Gasteiger partial charge in [-0.05, 0) is 47.5 Å². The lowest BCUT2D eigenvalue weighted by molar-refractivity contribution is -0.132. The van der Waals surface area contributed by atoms with Gasteiger partial charge in [-0.3, -0.25) is 19.5 Å². The van der Waals surface area contributed by atoms with Crippen LogP contribution >= 0.6 is 62.2 Å². The lowest BCUT2D eigenvalue weighted by atomic mass is 9.96. The summed E-state index contributed by atoms with van der Waals surface area (Å²) in [4.78, 5) is 31.8. The van der Waals surface area contributed by atoms with E-state index in [1.807, 2.05) is 12.1 Å². The highest BCUT2D eigenvalue weighted by Gasteiger charge is 2.48. The van der Waals surface area contributed by atoms with Crippen molar-refractivity contribution in [3.63, 3.8) is 0 Å². The summed E-state index contributed by atoms with van der Waals surface area (Å²) < 4.78 is 1.35. The second-order valence-corrected chi connectivity index (χ2v) is 11.8. The minimum absolute atomic E-state index is 0.0355. The number of hydrogen-bond donors (Lipinski definition) is 1. The second kappa shape index (κ2) is 10.9. The summed E-state index contributed by atoms with van der Waals surface area (Å²) in [5.74, 6) is -1.38. The number of nitrogens with zero attached hydrogens (tertiary/aromatic N) is 4. The van der Waals surface area contributed by atoms with E-state index in [2.05, 4.69) is 31.1 Å². The number of carbonyl (C=O) groups excluding carboxylic acids is 2. The van der Waals surface area contributed by atoms with E-state index in [9.17, 15) is 14.7 Å². The summed E-state index contributed by atoms with van der Waals surface area (Å²) >= 11 is 18.3. The van der Waals surface area contributed by atoms with Gasteiger partial charge < -0.3 is 5.11 Å². The number of halogens is 3. The molecule has 0 radical (unpaired) electrons.